The van der Waals surface area contributed by atoms with Gasteiger partial charge < -0.3 is 4.57 Å². The summed E-state index contributed by atoms with van der Waals surface area (Å²) in [5.74, 6) is 0.504. The van der Waals surface area contributed by atoms with Gasteiger partial charge in [0.05, 0.1) is 5.75 Å². The largest absolute Gasteiger partial charge is 0.348 e. The number of pyridine rings is 1. The van der Waals surface area contributed by atoms with E-state index in [0.29, 0.717) is 5.75 Å². The first-order chi connectivity index (χ1) is 11.1. The maximum Gasteiger partial charge on any atom is 0.196 e. The Kier molecular flexibility index (Phi) is 4.52. The van der Waals surface area contributed by atoms with Crippen LogP contribution < -0.4 is 0 Å². The molecule has 0 saturated heterocycles. The number of fused-ring (bicyclic) bond motifs is 1. The number of carbonyl (C=O) groups excluding carboxylic acids is 1. The van der Waals surface area contributed by atoms with Crippen LogP contribution in [-0.4, -0.2) is 30.7 Å². The summed E-state index contributed by atoms with van der Waals surface area (Å²) in [5, 5.41) is 9.01. The van der Waals surface area contributed by atoms with E-state index in [1.807, 2.05) is 41.8 Å². The van der Waals surface area contributed by atoms with Gasteiger partial charge in [0.15, 0.2) is 16.6 Å². The Hall–Kier alpha value is -2.08. The molecule has 0 atom stereocenters. The lowest BCUT2D eigenvalue weighted by Gasteiger charge is -2.07. The van der Waals surface area contributed by atoms with E-state index in [2.05, 4.69) is 28.6 Å². The molecule has 3 aromatic rings. The highest BCUT2D eigenvalue weighted by atomic mass is 32.2. The van der Waals surface area contributed by atoms with Gasteiger partial charge >= 0.3 is 0 Å². The minimum Gasteiger partial charge on any atom is -0.348 e. The number of hydrogen-bond acceptors (Lipinski definition) is 4. The second-order valence-electron chi connectivity index (χ2n) is 5.56. The number of ketones is 1. The van der Waals surface area contributed by atoms with Gasteiger partial charge in [-0.3, -0.25) is 9.20 Å². The molecule has 5 nitrogen and oxygen atoms in total. The van der Waals surface area contributed by atoms with Crippen molar-refractivity contribution >= 4 is 23.2 Å². The van der Waals surface area contributed by atoms with E-state index in [9.17, 15) is 4.79 Å². The fourth-order valence-corrected chi connectivity index (χ4v) is 3.58. The molecule has 0 aromatic carbocycles. The smallest absolute Gasteiger partial charge is 0.196 e. The van der Waals surface area contributed by atoms with E-state index in [4.69, 9.17) is 0 Å². The van der Waals surface area contributed by atoms with Crippen molar-refractivity contribution < 1.29 is 4.79 Å². The molecule has 0 spiro atoms. The zero-order valence-corrected chi connectivity index (χ0v) is 14.4. The van der Waals surface area contributed by atoms with Gasteiger partial charge in [-0.2, -0.15) is 0 Å². The predicted molar refractivity (Wildman–Crippen MR) is 92.2 cm³/mol. The fourth-order valence-electron chi connectivity index (χ4n) is 2.78. The highest BCUT2D eigenvalue weighted by Gasteiger charge is 2.16. The first kappa shape index (κ1) is 15.8. The maximum atomic E-state index is 12.6. The Balaban J connectivity index is 1.76. The molecule has 0 fully saturated rings. The summed E-state index contributed by atoms with van der Waals surface area (Å²) in [5.41, 5.74) is 3.81. The van der Waals surface area contributed by atoms with E-state index in [0.717, 1.165) is 40.7 Å². The van der Waals surface area contributed by atoms with Crippen LogP contribution in [0.2, 0.25) is 0 Å². The molecular formula is C17H20N4OS. The van der Waals surface area contributed by atoms with E-state index in [-0.39, 0.29) is 5.78 Å². The second kappa shape index (κ2) is 6.58. The van der Waals surface area contributed by atoms with E-state index in [1.54, 1.807) is 0 Å². The number of Topliss-reactive ketones (excluding diaryl/α,β-unsaturated/α-hetero) is 1. The molecule has 0 aliphatic carbocycles. The zero-order valence-electron chi connectivity index (χ0n) is 13.6. The van der Waals surface area contributed by atoms with Gasteiger partial charge in [0.25, 0.3) is 0 Å². The number of carbonyl (C=O) groups is 1. The number of thioether (sulfide) groups is 1. The standard InChI is InChI=1S/C17H20N4OS/c1-4-8-20-12(2)10-14(13(20)3)15(22)11-23-17-19-18-16-7-5-6-9-21(16)17/h5-7,9-10H,4,8,11H2,1-3H3. The highest BCUT2D eigenvalue weighted by molar-refractivity contribution is 7.99. The topological polar surface area (TPSA) is 52.2 Å². The Morgan fingerprint density at radius 2 is 2.09 bits per heavy atom. The van der Waals surface area contributed by atoms with Crippen molar-refractivity contribution in [3.63, 3.8) is 0 Å². The van der Waals surface area contributed by atoms with Crippen LogP contribution in [0.1, 0.15) is 35.1 Å². The number of hydrogen-bond donors (Lipinski definition) is 0. The van der Waals surface area contributed by atoms with Crippen LogP contribution in [0.25, 0.3) is 5.65 Å². The Morgan fingerprint density at radius 1 is 1.26 bits per heavy atom. The molecule has 0 amide bonds. The average molecular weight is 328 g/mol. The molecule has 3 heterocycles. The van der Waals surface area contributed by atoms with Crippen molar-refractivity contribution in [3.8, 4) is 0 Å². The first-order valence-electron chi connectivity index (χ1n) is 7.74. The second-order valence-corrected chi connectivity index (χ2v) is 6.50. The van der Waals surface area contributed by atoms with Gasteiger partial charge in [0.2, 0.25) is 0 Å². The van der Waals surface area contributed by atoms with Crippen LogP contribution >= 0.6 is 11.8 Å². The quantitative estimate of drug-likeness (QED) is 0.513. The normalized spacial score (nSPS) is 11.3. The summed E-state index contributed by atoms with van der Waals surface area (Å²) in [6, 6.07) is 7.75. The van der Waals surface area contributed by atoms with Gasteiger partial charge in [0, 0.05) is 29.7 Å². The Morgan fingerprint density at radius 3 is 2.87 bits per heavy atom. The molecule has 23 heavy (non-hydrogen) atoms. The van der Waals surface area contributed by atoms with Gasteiger partial charge in [-0.05, 0) is 38.5 Å². The molecular weight excluding hydrogens is 308 g/mol. The van der Waals surface area contributed by atoms with Crippen LogP contribution in [0.15, 0.2) is 35.6 Å². The number of aryl methyl sites for hydroxylation is 1. The van der Waals surface area contributed by atoms with Gasteiger partial charge in [-0.15, -0.1) is 10.2 Å². The molecule has 0 N–H and O–H groups in total. The van der Waals surface area contributed by atoms with Crippen molar-refractivity contribution in [2.75, 3.05) is 5.75 Å². The summed E-state index contributed by atoms with van der Waals surface area (Å²) in [6.45, 7) is 7.17. The van der Waals surface area contributed by atoms with Crippen LogP contribution in [0.4, 0.5) is 0 Å². The van der Waals surface area contributed by atoms with Crippen molar-refractivity contribution in [3.05, 3.63) is 47.4 Å². The zero-order chi connectivity index (χ0) is 16.4. The lowest BCUT2D eigenvalue weighted by atomic mass is 10.2. The predicted octanol–water partition coefficient (Wildman–Crippen LogP) is 3.53. The van der Waals surface area contributed by atoms with Gasteiger partial charge in [-0.25, -0.2) is 0 Å². The summed E-state index contributed by atoms with van der Waals surface area (Å²) in [4.78, 5) is 12.6. The molecule has 120 valence electrons. The number of nitrogens with zero attached hydrogens (tertiary/aromatic N) is 4. The van der Waals surface area contributed by atoms with Crippen molar-refractivity contribution in [1.29, 1.82) is 0 Å². The highest BCUT2D eigenvalue weighted by Crippen LogP contribution is 2.21. The first-order valence-corrected chi connectivity index (χ1v) is 8.73. The van der Waals surface area contributed by atoms with E-state index >= 15 is 0 Å². The third-order valence-electron chi connectivity index (χ3n) is 3.94. The molecule has 3 aromatic heterocycles. The summed E-state index contributed by atoms with van der Waals surface area (Å²) in [7, 11) is 0. The third kappa shape index (κ3) is 3.03. The minimum absolute atomic E-state index is 0.137. The van der Waals surface area contributed by atoms with Crippen molar-refractivity contribution in [2.45, 2.75) is 38.9 Å². The Labute approximate surface area is 139 Å². The summed E-state index contributed by atoms with van der Waals surface area (Å²) >= 11 is 1.43. The van der Waals surface area contributed by atoms with Crippen LogP contribution in [0.5, 0.6) is 0 Å². The number of rotatable bonds is 6. The molecule has 0 aliphatic heterocycles. The monoisotopic (exact) mass is 328 g/mol. The molecule has 0 radical (unpaired) electrons. The van der Waals surface area contributed by atoms with Crippen LogP contribution in [-0.2, 0) is 6.54 Å². The van der Waals surface area contributed by atoms with Crippen molar-refractivity contribution in [1.82, 2.24) is 19.2 Å². The summed E-state index contributed by atoms with van der Waals surface area (Å²) in [6.07, 6.45) is 2.97. The maximum absolute atomic E-state index is 12.6. The molecule has 0 saturated carbocycles. The average Bonchev–Trinajstić information content (AvgIpc) is 3.09. The fraction of sp³-hybridized carbons (Fsp3) is 0.353. The van der Waals surface area contributed by atoms with Gasteiger partial charge in [-0.1, -0.05) is 24.8 Å². The Bertz CT molecular complexity index is 850. The molecule has 0 bridgehead atoms. The minimum atomic E-state index is 0.137. The molecule has 6 heteroatoms. The van der Waals surface area contributed by atoms with E-state index < -0.39 is 0 Å². The van der Waals surface area contributed by atoms with Crippen LogP contribution in [0, 0.1) is 13.8 Å². The SMILES string of the molecule is CCCn1c(C)cc(C(=O)CSc2nnc3ccccn23)c1C. The molecule has 0 unspecified atom stereocenters. The van der Waals surface area contributed by atoms with E-state index in [1.165, 1.54) is 11.8 Å². The van der Waals surface area contributed by atoms with Crippen LogP contribution in [0.3, 0.4) is 0 Å². The molecule has 0 aliphatic rings. The number of aromatic nitrogens is 4. The molecule has 3 rings (SSSR count). The lowest BCUT2D eigenvalue weighted by Crippen LogP contribution is -2.07. The summed E-state index contributed by atoms with van der Waals surface area (Å²) < 4.78 is 4.11. The van der Waals surface area contributed by atoms with Gasteiger partial charge in [0.1, 0.15) is 0 Å². The lowest BCUT2D eigenvalue weighted by molar-refractivity contribution is 0.102. The van der Waals surface area contributed by atoms with Crippen molar-refractivity contribution in [2.24, 2.45) is 0 Å². The third-order valence-corrected chi connectivity index (χ3v) is 4.88.